The fourth-order valence-corrected chi connectivity index (χ4v) is 6.44. The van der Waals surface area contributed by atoms with Crippen LogP contribution in [0.1, 0.15) is 0 Å². The molecule has 0 atom stereocenters. The minimum Gasteiger partial charge on any atom is -0.292 e. The van der Waals surface area contributed by atoms with Crippen LogP contribution in [0.5, 0.6) is 0 Å². The Hall–Kier alpha value is -5.61. The summed E-state index contributed by atoms with van der Waals surface area (Å²) in [6.07, 6.45) is 3.76. The zero-order chi connectivity index (χ0) is 26.9. The summed E-state index contributed by atoms with van der Waals surface area (Å²) in [4.78, 5) is 14.7. The molecule has 0 unspecified atom stereocenters. The van der Waals surface area contributed by atoms with Crippen molar-refractivity contribution in [2.75, 3.05) is 0 Å². The summed E-state index contributed by atoms with van der Waals surface area (Å²) in [6.45, 7) is 0. The second kappa shape index (κ2) is 8.44. The van der Waals surface area contributed by atoms with Gasteiger partial charge in [0.1, 0.15) is 5.82 Å². The van der Waals surface area contributed by atoms with E-state index in [4.69, 9.17) is 9.97 Å². The molecule has 41 heavy (non-hydrogen) atoms. The molecule has 0 saturated heterocycles. The maximum absolute atomic E-state index is 5.16. The summed E-state index contributed by atoms with van der Waals surface area (Å²) in [5, 5.41) is 9.96. The van der Waals surface area contributed by atoms with Gasteiger partial charge in [0.25, 0.3) is 0 Å². The zero-order valence-corrected chi connectivity index (χ0v) is 22.0. The summed E-state index contributed by atoms with van der Waals surface area (Å²) in [6, 6.07) is 42.7. The summed E-state index contributed by atoms with van der Waals surface area (Å²) >= 11 is 0. The van der Waals surface area contributed by atoms with E-state index in [1.54, 1.807) is 0 Å². The van der Waals surface area contributed by atoms with Gasteiger partial charge in [-0.2, -0.15) is 0 Å². The monoisotopic (exact) mass is 522 g/mol. The largest absolute Gasteiger partial charge is 0.292 e. The smallest absolute Gasteiger partial charge is 0.138 e. The quantitative estimate of drug-likeness (QED) is 0.217. The van der Waals surface area contributed by atoms with Crippen molar-refractivity contribution < 1.29 is 0 Å². The number of rotatable bonds is 3. The van der Waals surface area contributed by atoms with Gasteiger partial charge in [-0.25, -0.2) is 9.97 Å². The molecule has 0 aliphatic rings. The van der Waals surface area contributed by atoms with Crippen molar-refractivity contribution in [3.63, 3.8) is 0 Å². The lowest BCUT2D eigenvalue weighted by molar-refractivity contribution is 1.07. The Labute approximate surface area is 235 Å². The van der Waals surface area contributed by atoms with Crippen LogP contribution in [0.25, 0.3) is 82.6 Å². The predicted molar refractivity (Wildman–Crippen MR) is 169 cm³/mol. The number of hydrogen-bond donors (Lipinski definition) is 0. The van der Waals surface area contributed by atoms with Crippen LogP contribution in [0.4, 0.5) is 0 Å². The standard InChI is InChI=1S/C37H22N4/c1-2-12-33-27(8-1)28-20-21-38-22-34(28)41(33)35-13-5-11-32(40-35)31-10-4-9-30(39-31)26-18-16-25-15-14-23-6-3-7-24-17-19-29(26)37(25)36(23)24/h1-22H. The van der Waals surface area contributed by atoms with Gasteiger partial charge in [-0.15, -0.1) is 0 Å². The zero-order valence-electron chi connectivity index (χ0n) is 22.0. The van der Waals surface area contributed by atoms with Gasteiger partial charge < -0.3 is 0 Å². The van der Waals surface area contributed by atoms with Gasteiger partial charge in [0.2, 0.25) is 0 Å². The first-order valence-corrected chi connectivity index (χ1v) is 13.8. The molecule has 9 aromatic rings. The maximum atomic E-state index is 5.16. The maximum Gasteiger partial charge on any atom is 0.138 e. The van der Waals surface area contributed by atoms with E-state index in [9.17, 15) is 0 Å². The first-order chi connectivity index (χ1) is 20.3. The second-order valence-electron chi connectivity index (χ2n) is 10.5. The van der Waals surface area contributed by atoms with Crippen molar-refractivity contribution in [3.8, 4) is 28.5 Å². The van der Waals surface area contributed by atoms with E-state index in [0.29, 0.717) is 0 Å². The number of fused-ring (bicyclic) bond motifs is 3. The Morgan fingerprint density at radius 2 is 1.12 bits per heavy atom. The van der Waals surface area contributed by atoms with Gasteiger partial charge in [-0.3, -0.25) is 9.55 Å². The van der Waals surface area contributed by atoms with Crippen LogP contribution in [-0.2, 0) is 0 Å². The molecule has 0 bridgehead atoms. The molecule has 4 heterocycles. The van der Waals surface area contributed by atoms with Gasteiger partial charge in [0, 0.05) is 22.5 Å². The molecular weight excluding hydrogens is 500 g/mol. The topological polar surface area (TPSA) is 43.6 Å². The molecule has 4 heteroatoms. The van der Waals surface area contributed by atoms with E-state index in [2.05, 4.69) is 113 Å². The van der Waals surface area contributed by atoms with Crippen LogP contribution in [-0.4, -0.2) is 19.5 Å². The van der Waals surface area contributed by atoms with Crippen LogP contribution in [0, 0.1) is 0 Å². The van der Waals surface area contributed by atoms with Crippen LogP contribution < -0.4 is 0 Å². The molecule has 4 nitrogen and oxygen atoms in total. The average molecular weight is 523 g/mol. The molecule has 4 aromatic heterocycles. The van der Waals surface area contributed by atoms with E-state index in [1.165, 1.54) is 37.7 Å². The molecule has 5 aromatic carbocycles. The van der Waals surface area contributed by atoms with E-state index in [-0.39, 0.29) is 0 Å². The van der Waals surface area contributed by atoms with Crippen molar-refractivity contribution >= 4 is 54.1 Å². The number of pyridine rings is 3. The van der Waals surface area contributed by atoms with E-state index >= 15 is 0 Å². The van der Waals surface area contributed by atoms with Crippen LogP contribution in [0.15, 0.2) is 134 Å². The number of aromatic nitrogens is 4. The molecule has 0 radical (unpaired) electrons. The average Bonchev–Trinajstić information content (AvgIpc) is 3.38. The molecule has 0 fully saturated rings. The van der Waals surface area contributed by atoms with Crippen LogP contribution in [0.2, 0.25) is 0 Å². The van der Waals surface area contributed by atoms with E-state index < -0.39 is 0 Å². The highest BCUT2D eigenvalue weighted by molar-refractivity contribution is 6.25. The third-order valence-corrected chi connectivity index (χ3v) is 8.26. The van der Waals surface area contributed by atoms with Crippen molar-refractivity contribution in [3.05, 3.63) is 134 Å². The highest BCUT2D eigenvalue weighted by Gasteiger charge is 2.15. The Balaban J connectivity index is 1.22. The van der Waals surface area contributed by atoms with Gasteiger partial charge >= 0.3 is 0 Å². The second-order valence-corrected chi connectivity index (χ2v) is 10.5. The van der Waals surface area contributed by atoms with Gasteiger partial charge in [0.15, 0.2) is 0 Å². The first-order valence-electron chi connectivity index (χ1n) is 13.8. The van der Waals surface area contributed by atoms with Crippen molar-refractivity contribution in [2.24, 2.45) is 0 Å². The van der Waals surface area contributed by atoms with E-state index in [0.717, 1.165) is 44.9 Å². The van der Waals surface area contributed by atoms with Crippen molar-refractivity contribution in [2.45, 2.75) is 0 Å². The first kappa shape index (κ1) is 22.2. The van der Waals surface area contributed by atoms with Gasteiger partial charge in [-0.05, 0) is 68.7 Å². The fourth-order valence-electron chi connectivity index (χ4n) is 6.44. The summed E-state index contributed by atoms with van der Waals surface area (Å²) in [5.41, 5.74) is 5.88. The molecule has 190 valence electrons. The SMILES string of the molecule is c1cc(-c2cccc(-n3c4ccccc4c4ccncc43)n2)nc(-c2ccc3ccc4cccc5ccc2c3c45)c1. The van der Waals surface area contributed by atoms with Crippen molar-refractivity contribution in [1.82, 2.24) is 19.5 Å². The van der Waals surface area contributed by atoms with Gasteiger partial charge in [-0.1, -0.05) is 84.9 Å². The number of hydrogen-bond acceptors (Lipinski definition) is 3. The molecular formula is C37H22N4. The molecule has 0 saturated carbocycles. The molecule has 0 amide bonds. The molecule has 0 aliphatic carbocycles. The third kappa shape index (κ3) is 3.25. The number of benzene rings is 5. The predicted octanol–water partition coefficient (Wildman–Crippen LogP) is 9.20. The Kier molecular flexibility index (Phi) is 4.58. The lowest BCUT2D eigenvalue weighted by atomic mass is 9.91. The minimum atomic E-state index is 0.830. The Morgan fingerprint density at radius 3 is 2.02 bits per heavy atom. The molecule has 0 N–H and O–H groups in total. The molecule has 0 spiro atoms. The van der Waals surface area contributed by atoms with Crippen LogP contribution >= 0.6 is 0 Å². The summed E-state index contributed by atoms with van der Waals surface area (Å²) < 4.78 is 2.19. The summed E-state index contributed by atoms with van der Waals surface area (Å²) in [5.74, 6) is 0.844. The fraction of sp³-hybridized carbons (Fsp3) is 0. The normalized spacial score (nSPS) is 11.9. The number of nitrogens with zero attached hydrogens (tertiary/aromatic N) is 4. The van der Waals surface area contributed by atoms with Crippen LogP contribution in [0.3, 0.4) is 0 Å². The van der Waals surface area contributed by atoms with E-state index in [1.807, 2.05) is 30.6 Å². The Bertz CT molecular complexity index is 2370. The minimum absolute atomic E-state index is 0.830. The van der Waals surface area contributed by atoms with Crippen molar-refractivity contribution in [1.29, 1.82) is 0 Å². The highest BCUT2D eigenvalue weighted by Crippen LogP contribution is 2.39. The Morgan fingerprint density at radius 1 is 0.439 bits per heavy atom. The lowest BCUT2D eigenvalue weighted by Gasteiger charge is -2.14. The molecule has 0 aliphatic heterocycles. The number of para-hydroxylation sites is 1. The summed E-state index contributed by atoms with van der Waals surface area (Å²) in [7, 11) is 0. The third-order valence-electron chi connectivity index (χ3n) is 8.26. The molecule has 9 rings (SSSR count). The lowest BCUT2D eigenvalue weighted by Crippen LogP contribution is -1.99. The van der Waals surface area contributed by atoms with Gasteiger partial charge in [0.05, 0.1) is 34.3 Å². The highest BCUT2D eigenvalue weighted by atomic mass is 15.1.